The molecule has 21 heavy (non-hydrogen) atoms. The first-order chi connectivity index (χ1) is 10.1. The quantitative estimate of drug-likeness (QED) is 0.673. The standard InChI is InChI=1S/C17H33NO3/c1-13-6-8-16(9-7-13)21-12-15(19)11-18-10-14-4-2-3-5-17(14)20/h13-20H,2-12H2,1H3. The Hall–Kier alpha value is -0.160. The van der Waals surface area contributed by atoms with Crippen molar-refractivity contribution in [3.05, 3.63) is 0 Å². The molecule has 4 nitrogen and oxygen atoms in total. The van der Waals surface area contributed by atoms with Crippen molar-refractivity contribution in [1.82, 2.24) is 5.32 Å². The average Bonchev–Trinajstić information content (AvgIpc) is 2.49. The second-order valence-electron chi connectivity index (χ2n) is 7.14. The number of hydrogen-bond acceptors (Lipinski definition) is 4. The summed E-state index contributed by atoms with van der Waals surface area (Å²) in [6.07, 6.45) is 8.90. The van der Waals surface area contributed by atoms with Crippen LogP contribution in [0.15, 0.2) is 0 Å². The predicted octanol–water partition coefficient (Wildman–Crippen LogP) is 2.08. The molecule has 3 atom stereocenters. The second kappa shape index (κ2) is 9.09. The van der Waals surface area contributed by atoms with E-state index in [4.69, 9.17) is 4.74 Å². The van der Waals surface area contributed by atoms with Crippen LogP contribution in [-0.2, 0) is 4.74 Å². The van der Waals surface area contributed by atoms with Crippen LogP contribution >= 0.6 is 0 Å². The Kier molecular flexibility index (Phi) is 7.44. The maximum absolute atomic E-state index is 9.98. The molecule has 0 aromatic rings. The summed E-state index contributed by atoms with van der Waals surface area (Å²) in [4.78, 5) is 0. The molecule has 2 aliphatic carbocycles. The Bertz CT molecular complexity index is 279. The zero-order valence-electron chi connectivity index (χ0n) is 13.5. The number of nitrogens with one attached hydrogen (secondary N) is 1. The molecule has 4 heteroatoms. The molecule has 124 valence electrons. The Labute approximate surface area is 129 Å². The van der Waals surface area contributed by atoms with Crippen LogP contribution in [0.2, 0.25) is 0 Å². The van der Waals surface area contributed by atoms with E-state index in [0.29, 0.717) is 25.2 Å². The van der Waals surface area contributed by atoms with Crippen LogP contribution in [0.5, 0.6) is 0 Å². The van der Waals surface area contributed by atoms with E-state index in [0.717, 1.165) is 44.6 Å². The van der Waals surface area contributed by atoms with E-state index in [1.807, 2.05) is 0 Å². The Morgan fingerprint density at radius 1 is 1.10 bits per heavy atom. The minimum atomic E-state index is -0.440. The summed E-state index contributed by atoms with van der Waals surface area (Å²) >= 11 is 0. The van der Waals surface area contributed by atoms with Gasteiger partial charge in [-0.05, 0) is 50.4 Å². The first-order valence-electron chi connectivity index (χ1n) is 8.83. The fourth-order valence-electron chi connectivity index (χ4n) is 3.56. The molecule has 0 radical (unpaired) electrons. The van der Waals surface area contributed by atoms with Crippen molar-refractivity contribution in [2.45, 2.75) is 76.6 Å². The van der Waals surface area contributed by atoms with Crippen molar-refractivity contribution in [2.24, 2.45) is 11.8 Å². The molecule has 2 rings (SSSR count). The van der Waals surface area contributed by atoms with Crippen LogP contribution in [0, 0.1) is 11.8 Å². The smallest absolute Gasteiger partial charge is 0.0897 e. The van der Waals surface area contributed by atoms with E-state index < -0.39 is 6.10 Å². The predicted molar refractivity (Wildman–Crippen MR) is 84.2 cm³/mol. The van der Waals surface area contributed by atoms with Gasteiger partial charge in [0.1, 0.15) is 0 Å². The monoisotopic (exact) mass is 299 g/mol. The SMILES string of the molecule is CC1CCC(OCC(O)CNCC2CCCCC2O)CC1. The number of hydrogen-bond donors (Lipinski definition) is 3. The van der Waals surface area contributed by atoms with Crippen LogP contribution < -0.4 is 5.32 Å². The maximum Gasteiger partial charge on any atom is 0.0897 e. The molecule has 2 saturated carbocycles. The van der Waals surface area contributed by atoms with Gasteiger partial charge < -0.3 is 20.3 Å². The maximum atomic E-state index is 9.98. The van der Waals surface area contributed by atoms with Crippen LogP contribution in [0.3, 0.4) is 0 Å². The zero-order chi connectivity index (χ0) is 15.1. The third kappa shape index (κ3) is 6.23. The molecule has 2 fully saturated rings. The van der Waals surface area contributed by atoms with Gasteiger partial charge in [0, 0.05) is 13.1 Å². The fourth-order valence-corrected chi connectivity index (χ4v) is 3.56. The van der Waals surface area contributed by atoms with Gasteiger partial charge in [0.15, 0.2) is 0 Å². The molecule has 3 N–H and O–H groups in total. The van der Waals surface area contributed by atoms with E-state index in [1.165, 1.54) is 19.3 Å². The van der Waals surface area contributed by atoms with Crippen molar-refractivity contribution in [2.75, 3.05) is 19.7 Å². The molecule has 0 amide bonds. The van der Waals surface area contributed by atoms with Crippen molar-refractivity contribution in [3.63, 3.8) is 0 Å². The molecule has 0 bridgehead atoms. The summed E-state index contributed by atoms with van der Waals surface area (Å²) in [6, 6.07) is 0. The zero-order valence-corrected chi connectivity index (χ0v) is 13.5. The van der Waals surface area contributed by atoms with Gasteiger partial charge in [-0.25, -0.2) is 0 Å². The molecular weight excluding hydrogens is 266 g/mol. The lowest BCUT2D eigenvalue weighted by Crippen LogP contribution is -2.38. The molecule has 3 unspecified atom stereocenters. The summed E-state index contributed by atoms with van der Waals surface area (Å²) in [5.74, 6) is 1.19. The lowest BCUT2D eigenvalue weighted by atomic mass is 9.86. The van der Waals surface area contributed by atoms with E-state index in [1.54, 1.807) is 0 Å². The summed E-state index contributed by atoms with van der Waals surface area (Å²) in [5, 5.41) is 23.2. The Balaban J connectivity index is 1.52. The molecular formula is C17H33NO3. The van der Waals surface area contributed by atoms with Gasteiger partial charge in [0.2, 0.25) is 0 Å². The molecule has 0 heterocycles. The van der Waals surface area contributed by atoms with Gasteiger partial charge >= 0.3 is 0 Å². The van der Waals surface area contributed by atoms with Crippen molar-refractivity contribution in [3.8, 4) is 0 Å². The highest BCUT2D eigenvalue weighted by Crippen LogP contribution is 2.25. The fraction of sp³-hybridized carbons (Fsp3) is 1.00. The lowest BCUT2D eigenvalue weighted by Gasteiger charge is -2.29. The van der Waals surface area contributed by atoms with E-state index in [2.05, 4.69) is 12.2 Å². The number of ether oxygens (including phenoxy) is 1. The van der Waals surface area contributed by atoms with Gasteiger partial charge in [-0.2, -0.15) is 0 Å². The Morgan fingerprint density at radius 3 is 2.52 bits per heavy atom. The topological polar surface area (TPSA) is 61.7 Å². The van der Waals surface area contributed by atoms with Crippen molar-refractivity contribution >= 4 is 0 Å². The van der Waals surface area contributed by atoms with Gasteiger partial charge in [-0.1, -0.05) is 19.8 Å². The third-order valence-corrected chi connectivity index (χ3v) is 5.14. The molecule has 0 spiro atoms. The highest BCUT2D eigenvalue weighted by atomic mass is 16.5. The van der Waals surface area contributed by atoms with Gasteiger partial charge in [-0.15, -0.1) is 0 Å². The third-order valence-electron chi connectivity index (χ3n) is 5.14. The van der Waals surface area contributed by atoms with Crippen LogP contribution in [-0.4, -0.2) is 48.2 Å². The normalized spacial score (nSPS) is 35.6. The van der Waals surface area contributed by atoms with Gasteiger partial charge in [0.25, 0.3) is 0 Å². The van der Waals surface area contributed by atoms with Crippen LogP contribution in [0.4, 0.5) is 0 Å². The molecule has 0 aromatic heterocycles. The van der Waals surface area contributed by atoms with Crippen molar-refractivity contribution < 1.29 is 14.9 Å². The Morgan fingerprint density at radius 2 is 1.81 bits per heavy atom. The first kappa shape index (κ1) is 17.2. The molecule has 0 aromatic carbocycles. The highest BCUT2D eigenvalue weighted by molar-refractivity contribution is 4.77. The van der Waals surface area contributed by atoms with Crippen LogP contribution in [0.1, 0.15) is 58.3 Å². The lowest BCUT2D eigenvalue weighted by molar-refractivity contribution is -0.0285. The highest BCUT2D eigenvalue weighted by Gasteiger charge is 2.23. The van der Waals surface area contributed by atoms with E-state index in [9.17, 15) is 10.2 Å². The summed E-state index contributed by atoms with van der Waals surface area (Å²) in [5.41, 5.74) is 0. The van der Waals surface area contributed by atoms with Gasteiger partial charge in [0.05, 0.1) is 24.9 Å². The largest absolute Gasteiger partial charge is 0.393 e. The van der Waals surface area contributed by atoms with E-state index >= 15 is 0 Å². The van der Waals surface area contributed by atoms with Gasteiger partial charge in [-0.3, -0.25) is 0 Å². The molecule has 0 aliphatic heterocycles. The molecule has 2 aliphatic rings. The average molecular weight is 299 g/mol. The van der Waals surface area contributed by atoms with E-state index in [-0.39, 0.29) is 6.10 Å². The van der Waals surface area contributed by atoms with Crippen LogP contribution in [0.25, 0.3) is 0 Å². The van der Waals surface area contributed by atoms with Crippen molar-refractivity contribution in [1.29, 1.82) is 0 Å². The minimum Gasteiger partial charge on any atom is -0.393 e. The second-order valence-corrected chi connectivity index (χ2v) is 7.14. The number of rotatable bonds is 7. The minimum absolute atomic E-state index is 0.163. The molecule has 0 saturated heterocycles. The number of aliphatic hydroxyl groups excluding tert-OH is 2. The summed E-state index contributed by atoms with van der Waals surface area (Å²) in [6.45, 7) is 4.10. The first-order valence-corrected chi connectivity index (χ1v) is 8.83. The summed E-state index contributed by atoms with van der Waals surface area (Å²) < 4.78 is 5.82. The number of aliphatic hydroxyl groups is 2. The summed E-state index contributed by atoms with van der Waals surface area (Å²) in [7, 11) is 0.